The molecule has 0 aromatic heterocycles. The number of carbonyl (C=O) groups is 1. The number of rotatable bonds is 7. The third kappa shape index (κ3) is 6.11. The van der Waals surface area contributed by atoms with Crippen LogP contribution in [-0.2, 0) is 11.2 Å². The first-order chi connectivity index (χ1) is 11.0. The Bertz CT molecular complexity index is 609. The molecule has 0 aliphatic carbocycles. The number of hydrogen-bond donors (Lipinski definition) is 1. The summed E-state index contributed by atoms with van der Waals surface area (Å²) in [6.07, 6.45) is 1.94. The lowest BCUT2D eigenvalue weighted by molar-refractivity contribution is -0.120. The van der Waals surface area contributed by atoms with Crippen LogP contribution in [0.2, 0.25) is 0 Å². The second-order valence-electron chi connectivity index (χ2n) is 6.01. The molecule has 0 radical (unpaired) electrons. The fourth-order valence-corrected chi connectivity index (χ4v) is 3.21. The van der Waals surface area contributed by atoms with E-state index in [2.05, 4.69) is 67.7 Å². The number of carbonyl (C=O) groups excluding carboxylic acids is 1. The van der Waals surface area contributed by atoms with Crippen molar-refractivity contribution in [1.29, 1.82) is 0 Å². The molecule has 0 aliphatic heterocycles. The maximum Gasteiger partial charge on any atom is 0.233 e. The van der Waals surface area contributed by atoms with Gasteiger partial charge in [0, 0.05) is 10.9 Å². The van der Waals surface area contributed by atoms with E-state index in [1.165, 1.54) is 11.1 Å². The van der Waals surface area contributed by atoms with Crippen molar-refractivity contribution in [2.45, 2.75) is 49.8 Å². The summed E-state index contributed by atoms with van der Waals surface area (Å²) in [5.41, 5.74) is 2.55. The van der Waals surface area contributed by atoms with Crippen LogP contribution in [0, 0.1) is 6.92 Å². The van der Waals surface area contributed by atoms with Gasteiger partial charge in [0.1, 0.15) is 0 Å². The van der Waals surface area contributed by atoms with Crippen LogP contribution in [-0.4, -0.2) is 17.2 Å². The van der Waals surface area contributed by atoms with Crippen molar-refractivity contribution in [2.75, 3.05) is 0 Å². The number of thioether (sulfide) groups is 1. The predicted molar refractivity (Wildman–Crippen MR) is 98.9 cm³/mol. The summed E-state index contributed by atoms with van der Waals surface area (Å²) in [4.78, 5) is 13.4. The lowest BCUT2D eigenvalue weighted by Gasteiger charge is -2.17. The summed E-state index contributed by atoms with van der Waals surface area (Å²) in [6.45, 7) is 6.10. The average Bonchev–Trinajstić information content (AvgIpc) is 2.56. The number of benzene rings is 2. The summed E-state index contributed by atoms with van der Waals surface area (Å²) in [5.74, 6) is 0.108. The van der Waals surface area contributed by atoms with Gasteiger partial charge in [0.25, 0.3) is 0 Å². The summed E-state index contributed by atoms with van der Waals surface area (Å²) in [5, 5.41) is 3.04. The summed E-state index contributed by atoms with van der Waals surface area (Å²) in [7, 11) is 0. The number of aryl methyl sites for hydroxylation is 2. The quantitative estimate of drug-likeness (QED) is 0.752. The SMILES string of the molecule is Cc1ccc(S[C@@H](C)C(=O)N[C@H](C)CCc2ccccc2)cc1. The zero-order valence-corrected chi connectivity index (χ0v) is 14.9. The van der Waals surface area contributed by atoms with Gasteiger partial charge in [-0.05, 0) is 51.3 Å². The molecule has 23 heavy (non-hydrogen) atoms. The molecule has 1 N–H and O–H groups in total. The zero-order chi connectivity index (χ0) is 16.7. The van der Waals surface area contributed by atoms with Gasteiger partial charge in [-0.25, -0.2) is 0 Å². The molecular weight excluding hydrogens is 302 g/mol. The van der Waals surface area contributed by atoms with Gasteiger partial charge < -0.3 is 5.32 Å². The first-order valence-corrected chi connectivity index (χ1v) is 9.00. The molecule has 2 aromatic carbocycles. The van der Waals surface area contributed by atoms with E-state index >= 15 is 0 Å². The number of nitrogens with one attached hydrogen (secondary N) is 1. The Morgan fingerprint density at radius 1 is 1.04 bits per heavy atom. The molecular formula is C20H25NOS. The molecule has 0 bridgehead atoms. The standard InChI is InChI=1S/C20H25NOS/c1-15-9-13-19(14-10-15)23-17(3)20(22)21-16(2)11-12-18-7-5-4-6-8-18/h4-10,13-14,16-17H,11-12H2,1-3H3,(H,21,22)/t16-,17+/m1/s1. The van der Waals surface area contributed by atoms with E-state index in [4.69, 9.17) is 0 Å². The molecule has 2 aromatic rings. The minimum absolute atomic E-state index is 0.0862. The zero-order valence-electron chi connectivity index (χ0n) is 14.1. The first kappa shape index (κ1) is 17.6. The van der Waals surface area contributed by atoms with Gasteiger partial charge in [0.15, 0.2) is 0 Å². The second-order valence-corrected chi connectivity index (χ2v) is 7.42. The molecule has 2 atom stereocenters. The molecule has 0 saturated heterocycles. The van der Waals surface area contributed by atoms with Crippen LogP contribution in [0.15, 0.2) is 59.5 Å². The van der Waals surface area contributed by atoms with Crippen LogP contribution in [0.25, 0.3) is 0 Å². The molecule has 122 valence electrons. The van der Waals surface area contributed by atoms with Gasteiger partial charge in [-0.15, -0.1) is 11.8 Å². The Hall–Kier alpha value is -1.74. The van der Waals surface area contributed by atoms with Crippen LogP contribution in [0.4, 0.5) is 0 Å². The topological polar surface area (TPSA) is 29.1 Å². The van der Waals surface area contributed by atoms with E-state index in [0.717, 1.165) is 17.7 Å². The predicted octanol–water partition coefficient (Wildman–Crippen LogP) is 4.61. The van der Waals surface area contributed by atoms with Crippen LogP contribution in [0.3, 0.4) is 0 Å². The monoisotopic (exact) mass is 327 g/mol. The van der Waals surface area contributed by atoms with E-state index in [1.54, 1.807) is 11.8 Å². The van der Waals surface area contributed by atoms with Crippen molar-refractivity contribution >= 4 is 17.7 Å². The van der Waals surface area contributed by atoms with Gasteiger partial charge >= 0.3 is 0 Å². The normalized spacial score (nSPS) is 13.3. The highest BCUT2D eigenvalue weighted by Crippen LogP contribution is 2.23. The van der Waals surface area contributed by atoms with Gasteiger partial charge in [0.2, 0.25) is 5.91 Å². The molecule has 3 heteroatoms. The molecule has 0 saturated carbocycles. The fraction of sp³-hybridized carbons (Fsp3) is 0.350. The summed E-state index contributed by atoms with van der Waals surface area (Å²) in [6, 6.07) is 18.9. The summed E-state index contributed by atoms with van der Waals surface area (Å²) >= 11 is 1.60. The van der Waals surface area contributed by atoms with Crippen molar-refractivity contribution in [3.05, 3.63) is 65.7 Å². The number of hydrogen-bond acceptors (Lipinski definition) is 2. The highest BCUT2D eigenvalue weighted by molar-refractivity contribution is 8.00. The number of amides is 1. The van der Waals surface area contributed by atoms with E-state index in [-0.39, 0.29) is 17.2 Å². The van der Waals surface area contributed by atoms with E-state index in [0.29, 0.717) is 0 Å². The van der Waals surface area contributed by atoms with E-state index in [9.17, 15) is 4.79 Å². The molecule has 2 rings (SSSR count). The van der Waals surface area contributed by atoms with Crippen LogP contribution >= 0.6 is 11.8 Å². The van der Waals surface area contributed by atoms with Gasteiger partial charge in [0.05, 0.1) is 5.25 Å². The Labute approximate surface area is 143 Å². The lowest BCUT2D eigenvalue weighted by atomic mass is 10.1. The fourth-order valence-electron chi connectivity index (χ4n) is 2.33. The molecule has 0 unspecified atom stereocenters. The third-order valence-corrected chi connectivity index (χ3v) is 4.91. The Morgan fingerprint density at radius 2 is 1.70 bits per heavy atom. The van der Waals surface area contributed by atoms with Crippen molar-refractivity contribution in [3.8, 4) is 0 Å². The second kappa shape index (κ2) is 8.78. The minimum Gasteiger partial charge on any atom is -0.353 e. The maximum atomic E-state index is 12.3. The molecule has 2 nitrogen and oxygen atoms in total. The molecule has 0 heterocycles. The van der Waals surface area contributed by atoms with Gasteiger partial charge in [-0.3, -0.25) is 4.79 Å². The highest BCUT2D eigenvalue weighted by atomic mass is 32.2. The Morgan fingerprint density at radius 3 is 2.35 bits per heavy atom. The van der Waals surface area contributed by atoms with Crippen molar-refractivity contribution in [1.82, 2.24) is 5.32 Å². The Balaban J connectivity index is 1.77. The molecule has 0 fully saturated rings. The van der Waals surface area contributed by atoms with Crippen LogP contribution < -0.4 is 5.32 Å². The average molecular weight is 327 g/mol. The van der Waals surface area contributed by atoms with Crippen LogP contribution in [0.1, 0.15) is 31.4 Å². The van der Waals surface area contributed by atoms with Crippen molar-refractivity contribution < 1.29 is 4.79 Å². The lowest BCUT2D eigenvalue weighted by Crippen LogP contribution is -2.37. The van der Waals surface area contributed by atoms with Crippen LogP contribution in [0.5, 0.6) is 0 Å². The van der Waals surface area contributed by atoms with Gasteiger partial charge in [-0.1, -0.05) is 48.0 Å². The van der Waals surface area contributed by atoms with E-state index < -0.39 is 0 Å². The third-order valence-electron chi connectivity index (χ3n) is 3.80. The van der Waals surface area contributed by atoms with Gasteiger partial charge in [-0.2, -0.15) is 0 Å². The first-order valence-electron chi connectivity index (χ1n) is 8.12. The van der Waals surface area contributed by atoms with Crippen molar-refractivity contribution in [2.24, 2.45) is 0 Å². The molecule has 0 aliphatic rings. The molecule has 1 amide bonds. The largest absolute Gasteiger partial charge is 0.353 e. The Kier molecular flexibility index (Phi) is 6.72. The van der Waals surface area contributed by atoms with E-state index in [1.807, 2.05) is 13.0 Å². The smallest absolute Gasteiger partial charge is 0.233 e. The maximum absolute atomic E-state index is 12.3. The summed E-state index contributed by atoms with van der Waals surface area (Å²) < 4.78 is 0. The molecule has 0 spiro atoms. The highest BCUT2D eigenvalue weighted by Gasteiger charge is 2.16. The van der Waals surface area contributed by atoms with Crippen molar-refractivity contribution in [3.63, 3.8) is 0 Å². The minimum atomic E-state index is -0.0862.